The molecule has 0 radical (unpaired) electrons. The Labute approximate surface area is 154 Å². The second kappa shape index (κ2) is 9.00. The monoisotopic (exact) mass is 361 g/mol. The number of hydrogen-bond acceptors (Lipinski definition) is 5. The number of benzene rings is 1. The van der Waals surface area contributed by atoms with Gasteiger partial charge in [0.2, 0.25) is 11.8 Å². The molecule has 1 N–H and O–H groups in total. The van der Waals surface area contributed by atoms with Crippen molar-refractivity contribution in [3.05, 3.63) is 24.3 Å². The molecule has 142 valence electrons. The number of nitrogens with zero attached hydrogens (tertiary/aromatic N) is 2. The zero-order valence-electron chi connectivity index (χ0n) is 15.3. The van der Waals surface area contributed by atoms with Gasteiger partial charge in [-0.2, -0.15) is 0 Å². The molecule has 2 amide bonds. The smallest absolute Gasteiger partial charge is 0.229 e. The van der Waals surface area contributed by atoms with E-state index in [0.29, 0.717) is 19.7 Å². The lowest BCUT2D eigenvalue weighted by molar-refractivity contribution is -0.128. The van der Waals surface area contributed by atoms with Gasteiger partial charge in [-0.1, -0.05) is 0 Å². The molecule has 2 saturated heterocycles. The number of nitrogens with one attached hydrogen (secondary N) is 1. The molecule has 0 spiro atoms. The molecule has 3 rings (SSSR count). The largest absolute Gasteiger partial charge is 0.494 e. The van der Waals surface area contributed by atoms with Crippen LogP contribution in [0.5, 0.6) is 5.75 Å². The molecule has 1 atom stereocenters. The Morgan fingerprint density at radius 2 is 1.96 bits per heavy atom. The van der Waals surface area contributed by atoms with E-state index in [-0.39, 0.29) is 24.2 Å². The molecule has 1 aromatic rings. The molecule has 26 heavy (non-hydrogen) atoms. The van der Waals surface area contributed by atoms with Gasteiger partial charge in [0.1, 0.15) is 5.75 Å². The summed E-state index contributed by atoms with van der Waals surface area (Å²) in [6, 6.07) is 7.28. The normalized spacial score (nSPS) is 21.0. The van der Waals surface area contributed by atoms with Crippen LogP contribution in [0.15, 0.2) is 24.3 Å². The van der Waals surface area contributed by atoms with Crippen molar-refractivity contribution in [2.45, 2.75) is 13.3 Å². The third-order valence-electron chi connectivity index (χ3n) is 4.81. The summed E-state index contributed by atoms with van der Waals surface area (Å²) in [5.74, 6) is 0.441. The maximum Gasteiger partial charge on any atom is 0.229 e. The molecule has 2 heterocycles. The van der Waals surface area contributed by atoms with Gasteiger partial charge in [-0.05, 0) is 31.2 Å². The van der Waals surface area contributed by atoms with Gasteiger partial charge in [-0.25, -0.2) is 0 Å². The van der Waals surface area contributed by atoms with Crippen molar-refractivity contribution >= 4 is 17.5 Å². The summed E-state index contributed by atoms with van der Waals surface area (Å²) in [5.41, 5.74) is 0.720. The lowest BCUT2D eigenvalue weighted by atomic mass is 10.1. The van der Waals surface area contributed by atoms with E-state index in [0.717, 1.165) is 44.3 Å². The number of carbonyl (C=O) groups excluding carboxylic acids is 2. The summed E-state index contributed by atoms with van der Waals surface area (Å²) in [5, 5.41) is 2.90. The highest BCUT2D eigenvalue weighted by Crippen LogP contribution is 2.21. The Morgan fingerprint density at radius 3 is 2.65 bits per heavy atom. The molecule has 0 saturated carbocycles. The van der Waals surface area contributed by atoms with Gasteiger partial charge in [0.05, 0.1) is 25.7 Å². The molecular weight excluding hydrogens is 334 g/mol. The van der Waals surface area contributed by atoms with Gasteiger partial charge in [0.15, 0.2) is 0 Å². The van der Waals surface area contributed by atoms with E-state index in [1.165, 1.54) is 0 Å². The molecule has 1 unspecified atom stereocenters. The fourth-order valence-electron chi connectivity index (χ4n) is 3.30. The fourth-order valence-corrected chi connectivity index (χ4v) is 3.30. The molecule has 2 aliphatic heterocycles. The standard InChI is InChI=1S/C19H27N3O4/c1-2-26-17-5-3-16(4-6-17)20-19(24)15-13-18(23)22(14-15)8-7-21-9-11-25-12-10-21/h3-6,15H,2,7-14H2,1H3,(H,20,24). The van der Waals surface area contributed by atoms with Gasteiger partial charge in [-0.15, -0.1) is 0 Å². The lowest BCUT2D eigenvalue weighted by Crippen LogP contribution is -2.42. The number of rotatable bonds is 7. The maximum absolute atomic E-state index is 12.5. The third kappa shape index (κ3) is 4.95. The average molecular weight is 361 g/mol. The molecule has 1 aromatic carbocycles. The molecule has 0 bridgehead atoms. The van der Waals surface area contributed by atoms with Gasteiger partial charge < -0.3 is 19.7 Å². The summed E-state index contributed by atoms with van der Waals surface area (Å²) in [6.07, 6.45) is 0.284. The van der Waals surface area contributed by atoms with Crippen LogP contribution in [0.2, 0.25) is 0 Å². The highest BCUT2D eigenvalue weighted by molar-refractivity contribution is 5.97. The number of hydrogen-bond donors (Lipinski definition) is 1. The minimum atomic E-state index is -0.293. The third-order valence-corrected chi connectivity index (χ3v) is 4.81. The Kier molecular flexibility index (Phi) is 6.46. The van der Waals surface area contributed by atoms with Crippen LogP contribution in [0, 0.1) is 5.92 Å². The van der Waals surface area contributed by atoms with Crippen molar-refractivity contribution in [3.63, 3.8) is 0 Å². The predicted octanol–water partition coefficient (Wildman–Crippen LogP) is 1.20. The zero-order valence-corrected chi connectivity index (χ0v) is 15.3. The van der Waals surface area contributed by atoms with Crippen molar-refractivity contribution < 1.29 is 19.1 Å². The van der Waals surface area contributed by atoms with Crippen LogP contribution in [0.1, 0.15) is 13.3 Å². The second-order valence-corrected chi connectivity index (χ2v) is 6.64. The molecule has 7 heteroatoms. The average Bonchev–Trinajstić information content (AvgIpc) is 3.04. The SMILES string of the molecule is CCOc1ccc(NC(=O)C2CC(=O)N(CCN3CCOCC3)C2)cc1. The molecular formula is C19H27N3O4. The molecule has 0 aromatic heterocycles. The van der Waals surface area contributed by atoms with E-state index in [4.69, 9.17) is 9.47 Å². The van der Waals surface area contributed by atoms with Crippen LogP contribution in [0.4, 0.5) is 5.69 Å². The minimum absolute atomic E-state index is 0.0603. The van der Waals surface area contributed by atoms with Gasteiger partial charge in [-0.3, -0.25) is 14.5 Å². The van der Waals surface area contributed by atoms with Crippen LogP contribution >= 0.6 is 0 Å². The van der Waals surface area contributed by atoms with Crippen molar-refractivity contribution in [2.75, 3.05) is 57.9 Å². The van der Waals surface area contributed by atoms with Gasteiger partial charge in [0, 0.05) is 44.8 Å². The maximum atomic E-state index is 12.5. The van der Waals surface area contributed by atoms with Crippen LogP contribution in [-0.2, 0) is 14.3 Å². The summed E-state index contributed by atoms with van der Waals surface area (Å²) >= 11 is 0. The van der Waals surface area contributed by atoms with Crippen molar-refractivity contribution in [1.82, 2.24) is 9.80 Å². The minimum Gasteiger partial charge on any atom is -0.494 e. The first-order valence-corrected chi connectivity index (χ1v) is 9.27. The number of likely N-dealkylation sites (tertiary alicyclic amines) is 1. The first-order valence-electron chi connectivity index (χ1n) is 9.27. The Hall–Kier alpha value is -2.12. The first kappa shape index (κ1) is 18.7. The van der Waals surface area contributed by atoms with Gasteiger partial charge in [0.25, 0.3) is 0 Å². The second-order valence-electron chi connectivity index (χ2n) is 6.64. The first-order chi connectivity index (χ1) is 12.7. The Balaban J connectivity index is 1.46. The van der Waals surface area contributed by atoms with E-state index in [2.05, 4.69) is 10.2 Å². The Bertz CT molecular complexity index is 614. The Morgan fingerprint density at radius 1 is 1.23 bits per heavy atom. The van der Waals surface area contributed by atoms with Crippen molar-refractivity contribution in [1.29, 1.82) is 0 Å². The van der Waals surface area contributed by atoms with Crippen molar-refractivity contribution in [2.24, 2.45) is 5.92 Å². The van der Waals surface area contributed by atoms with Gasteiger partial charge >= 0.3 is 0 Å². The van der Waals surface area contributed by atoms with Crippen LogP contribution < -0.4 is 10.1 Å². The van der Waals surface area contributed by atoms with E-state index in [1.54, 1.807) is 4.90 Å². The number of morpholine rings is 1. The number of amides is 2. The quantitative estimate of drug-likeness (QED) is 0.790. The highest BCUT2D eigenvalue weighted by Gasteiger charge is 2.34. The number of carbonyl (C=O) groups is 2. The van der Waals surface area contributed by atoms with E-state index >= 15 is 0 Å². The topological polar surface area (TPSA) is 71.1 Å². The van der Waals surface area contributed by atoms with Crippen LogP contribution in [0.25, 0.3) is 0 Å². The molecule has 7 nitrogen and oxygen atoms in total. The predicted molar refractivity (Wildman–Crippen MR) is 98.2 cm³/mol. The number of anilines is 1. The van der Waals surface area contributed by atoms with E-state index in [9.17, 15) is 9.59 Å². The summed E-state index contributed by atoms with van der Waals surface area (Å²) in [6.45, 7) is 7.85. The fraction of sp³-hybridized carbons (Fsp3) is 0.579. The highest BCUT2D eigenvalue weighted by atomic mass is 16.5. The van der Waals surface area contributed by atoms with Crippen LogP contribution in [-0.4, -0.2) is 74.2 Å². The van der Waals surface area contributed by atoms with E-state index in [1.807, 2.05) is 31.2 Å². The van der Waals surface area contributed by atoms with Crippen LogP contribution in [0.3, 0.4) is 0 Å². The lowest BCUT2D eigenvalue weighted by Gasteiger charge is -2.28. The number of ether oxygens (including phenoxy) is 2. The summed E-state index contributed by atoms with van der Waals surface area (Å²) < 4.78 is 10.7. The summed E-state index contributed by atoms with van der Waals surface area (Å²) in [7, 11) is 0. The van der Waals surface area contributed by atoms with Crippen molar-refractivity contribution in [3.8, 4) is 5.75 Å². The zero-order chi connectivity index (χ0) is 18.4. The van der Waals surface area contributed by atoms with E-state index < -0.39 is 0 Å². The summed E-state index contributed by atoms with van der Waals surface area (Å²) in [4.78, 5) is 28.8. The molecule has 0 aliphatic carbocycles. The molecule has 2 aliphatic rings. The molecule has 2 fully saturated rings.